The van der Waals surface area contributed by atoms with E-state index in [4.69, 9.17) is 17.3 Å². The molecule has 2 rings (SSSR count). The number of fused-ring (bicyclic) bond motifs is 1. The van der Waals surface area contributed by atoms with Gasteiger partial charge in [-0.25, -0.2) is 0 Å². The second-order valence-corrected chi connectivity index (χ2v) is 3.03. The zero-order chi connectivity index (χ0) is 8.55. The standard InChI is InChI=1S/C9H7ClN2/c10-7-1-2-8-6(3-7)4-12-5-9(8)11/h1-5H,11H2. The van der Waals surface area contributed by atoms with Crippen molar-refractivity contribution >= 4 is 28.1 Å². The van der Waals surface area contributed by atoms with Gasteiger partial charge in [0.15, 0.2) is 0 Å². The minimum absolute atomic E-state index is 0.684. The molecule has 0 spiro atoms. The summed E-state index contributed by atoms with van der Waals surface area (Å²) in [6.07, 6.45) is 3.38. The van der Waals surface area contributed by atoms with Crippen LogP contribution in [0.25, 0.3) is 10.8 Å². The van der Waals surface area contributed by atoms with Crippen molar-refractivity contribution in [3.8, 4) is 0 Å². The Bertz CT molecular complexity index is 426. The molecule has 0 radical (unpaired) electrons. The first-order valence-corrected chi connectivity index (χ1v) is 3.94. The third kappa shape index (κ3) is 1.10. The fraction of sp³-hybridized carbons (Fsp3) is 0. The fourth-order valence-electron chi connectivity index (χ4n) is 1.17. The van der Waals surface area contributed by atoms with Crippen LogP contribution in [0.2, 0.25) is 5.02 Å². The summed E-state index contributed by atoms with van der Waals surface area (Å²) in [7, 11) is 0. The highest BCUT2D eigenvalue weighted by molar-refractivity contribution is 6.31. The minimum Gasteiger partial charge on any atom is -0.397 e. The van der Waals surface area contributed by atoms with E-state index < -0.39 is 0 Å². The molecule has 0 unspecified atom stereocenters. The first-order chi connectivity index (χ1) is 5.77. The van der Waals surface area contributed by atoms with Crippen LogP contribution in [0.5, 0.6) is 0 Å². The summed E-state index contributed by atoms with van der Waals surface area (Å²) in [4.78, 5) is 3.97. The number of pyridine rings is 1. The molecule has 0 bridgehead atoms. The van der Waals surface area contributed by atoms with Gasteiger partial charge >= 0.3 is 0 Å². The van der Waals surface area contributed by atoms with Gasteiger partial charge in [-0.05, 0) is 12.1 Å². The Hall–Kier alpha value is -1.28. The van der Waals surface area contributed by atoms with Gasteiger partial charge in [-0.2, -0.15) is 0 Å². The van der Waals surface area contributed by atoms with Crippen LogP contribution in [0.1, 0.15) is 0 Å². The average Bonchev–Trinajstić information content (AvgIpc) is 2.04. The minimum atomic E-state index is 0.684. The molecule has 60 valence electrons. The predicted molar refractivity (Wildman–Crippen MR) is 51.2 cm³/mol. The summed E-state index contributed by atoms with van der Waals surface area (Å²) in [5, 5.41) is 2.67. The van der Waals surface area contributed by atoms with Crippen molar-refractivity contribution < 1.29 is 0 Å². The number of hydrogen-bond acceptors (Lipinski definition) is 2. The zero-order valence-corrected chi connectivity index (χ0v) is 7.05. The van der Waals surface area contributed by atoms with Gasteiger partial charge in [-0.1, -0.05) is 17.7 Å². The van der Waals surface area contributed by atoms with Crippen LogP contribution in [0.3, 0.4) is 0 Å². The van der Waals surface area contributed by atoms with E-state index >= 15 is 0 Å². The maximum absolute atomic E-state index is 5.80. The molecule has 2 N–H and O–H groups in total. The van der Waals surface area contributed by atoms with Gasteiger partial charge in [-0.15, -0.1) is 0 Å². The number of nitrogens with two attached hydrogens (primary N) is 1. The Morgan fingerprint density at radius 2 is 2.08 bits per heavy atom. The predicted octanol–water partition coefficient (Wildman–Crippen LogP) is 2.47. The average molecular weight is 179 g/mol. The molecule has 1 heterocycles. The van der Waals surface area contributed by atoms with Crippen molar-refractivity contribution in [2.75, 3.05) is 5.73 Å². The third-order valence-corrected chi connectivity index (χ3v) is 1.99. The van der Waals surface area contributed by atoms with Gasteiger partial charge in [0.05, 0.1) is 11.9 Å². The van der Waals surface area contributed by atoms with Crippen LogP contribution < -0.4 is 5.73 Å². The molecule has 1 aromatic heterocycles. The maximum atomic E-state index is 5.80. The second kappa shape index (κ2) is 2.64. The van der Waals surface area contributed by atoms with Crippen LogP contribution in [0.15, 0.2) is 30.6 Å². The molecule has 0 aliphatic heterocycles. The lowest BCUT2D eigenvalue weighted by Crippen LogP contribution is -1.87. The molecule has 3 heteroatoms. The smallest absolute Gasteiger partial charge is 0.0580 e. The summed E-state index contributed by atoms with van der Waals surface area (Å²) in [5.74, 6) is 0. The molecule has 0 fully saturated rings. The van der Waals surface area contributed by atoms with Crippen molar-refractivity contribution in [3.05, 3.63) is 35.6 Å². The molecular weight excluding hydrogens is 172 g/mol. The molecule has 2 aromatic rings. The van der Waals surface area contributed by atoms with Crippen molar-refractivity contribution in [1.82, 2.24) is 4.98 Å². The highest BCUT2D eigenvalue weighted by Crippen LogP contribution is 2.22. The van der Waals surface area contributed by atoms with E-state index in [1.807, 2.05) is 18.2 Å². The molecule has 12 heavy (non-hydrogen) atoms. The lowest BCUT2D eigenvalue weighted by Gasteiger charge is -2.00. The topological polar surface area (TPSA) is 38.9 Å². The normalized spacial score (nSPS) is 10.4. The summed E-state index contributed by atoms with van der Waals surface area (Å²) in [6, 6.07) is 5.56. The molecule has 2 nitrogen and oxygen atoms in total. The Kier molecular flexibility index (Phi) is 1.62. The largest absolute Gasteiger partial charge is 0.397 e. The summed E-state index contributed by atoms with van der Waals surface area (Å²) in [6.45, 7) is 0. The van der Waals surface area contributed by atoms with Crippen molar-refractivity contribution in [1.29, 1.82) is 0 Å². The number of halogens is 1. The highest BCUT2D eigenvalue weighted by Gasteiger charge is 1.97. The lowest BCUT2D eigenvalue weighted by atomic mass is 10.1. The first-order valence-electron chi connectivity index (χ1n) is 3.56. The molecule has 0 amide bonds. The van der Waals surface area contributed by atoms with Gasteiger partial charge in [0, 0.05) is 22.0 Å². The Labute approximate surface area is 75.0 Å². The van der Waals surface area contributed by atoms with Gasteiger partial charge in [0.25, 0.3) is 0 Å². The Morgan fingerprint density at radius 1 is 1.25 bits per heavy atom. The third-order valence-electron chi connectivity index (χ3n) is 1.75. The highest BCUT2D eigenvalue weighted by atomic mass is 35.5. The van der Waals surface area contributed by atoms with Gasteiger partial charge in [0.2, 0.25) is 0 Å². The fourth-order valence-corrected chi connectivity index (χ4v) is 1.35. The number of benzene rings is 1. The van der Waals surface area contributed by atoms with Crippen LogP contribution >= 0.6 is 11.6 Å². The molecule has 1 aromatic carbocycles. The number of hydrogen-bond donors (Lipinski definition) is 1. The van der Waals surface area contributed by atoms with Crippen LogP contribution in [-0.2, 0) is 0 Å². The number of aromatic nitrogens is 1. The molecule has 0 saturated heterocycles. The van der Waals surface area contributed by atoms with Crippen LogP contribution in [0, 0.1) is 0 Å². The van der Waals surface area contributed by atoms with E-state index in [2.05, 4.69) is 4.98 Å². The van der Waals surface area contributed by atoms with Crippen molar-refractivity contribution in [3.63, 3.8) is 0 Å². The quantitative estimate of drug-likeness (QED) is 0.673. The van der Waals surface area contributed by atoms with Crippen molar-refractivity contribution in [2.45, 2.75) is 0 Å². The molecule has 0 saturated carbocycles. The number of nitrogen functional groups attached to an aromatic ring is 1. The SMILES string of the molecule is Nc1cncc2cc(Cl)ccc12. The van der Waals surface area contributed by atoms with Crippen LogP contribution in [0.4, 0.5) is 5.69 Å². The molecule has 0 atom stereocenters. The van der Waals surface area contributed by atoms with Gasteiger partial charge in [0.1, 0.15) is 0 Å². The Morgan fingerprint density at radius 3 is 2.92 bits per heavy atom. The number of nitrogens with zero attached hydrogens (tertiary/aromatic N) is 1. The molecule has 0 aliphatic carbocycles. The first kappa shape index (κ1) is 7.37. The number of rotatable bonds is 0. The van der Waals surface area contributed by atoms with Gasteiger partial charge in [-0.3, -0.25) is 4.98 Å². The summed E-state index contributed by atoms with van der Waals surface area (Å²) < 4.78 is 0. The molecular formula is C9H7ClN2. The lowest BCUT2D eigenvalue weighted by molar-refractivity contribution is 1.37. The monoisotopic (exact) mass is 178 g/mol. The van der Waals surface area contributed by atoms with Crippen molar-refractivity contribution in [2.24, 2.45) is 0 Å². The summed E-state index contributed by atoms with van der Waals surface area (Å²) >= 11 is 5.80. The van der Waals surface area contributed by atoms with E-state index in [0.29, 0.717) is 10.7 Å². The van der Waals surface area contributed by atoms with E-state index in [1.54, 1.807) is 12.4 Å². The van der Waals surface area contributed by atoms with E-state index in [1.165, 1.54) is 0 Å². The van der Waals surface area contributed by atoms with E-state index in [-0.39, 0.29) is 0 Å². The van der Waals surface area contributed by atoms with E-state index in [0.717, 1.165) is 10.8 Å². The van der Waals surface area contributed by atoms with Gasteiger partial charge < -0.3 is 5.73 Å². The second-order valence-electron chi connectivity index (χ2n) is 2.59. The summed E-state index contributed by atoms with van der Waals surface area (Å²) in [5.41, 5.74) is 6.39. The molecule has 0 aliphatic rings. The van der Waals surface area contributed by atoms with E-state index in [9.17, 15) is 0 Å². The number of anilines is 1. The Balaban J connectivity index is 2.86. The van der Waals surface area contributed by atoms with Crippen LogP contribution in [-0.4, -0.2) is 4.98 Å². The zero-order valence-electron chi connectivity index (χ0n) is 6.29. The maximum Gasteiger partial charge on any atom is 0.0580 e.